The van der Waals surface area contributed by atoms with Crippen molar-refractivity contribution in [2.45, 2.75) is 13.0 Å². The van der Waals surface area contributed by atoms with Crippen LogP contribution < -0.4 is 10.6 Å². The van der Waals surface area contributed by atoms with Gasteiger partial charge >= 0.3 is 0 Å². The fourth-order valence-corrected chi connectivity index (χ4v) is 2.78. The van der Waals surface area contributed by atoms with Crippen LogP contribution in [0.1, 0.15) is 17.3 Å². The van der Waals surface area contributed by atoms with E-state index in [1.54, 1.807) is 31.5 Å². The average molecular weight is 355 g/mol. The minimum atomic E-state index is -0.308. The van der Waals surface area contributed by atoms with Gasteiger partial charge in [0.15, 0.2) is 5.13 Å². The van der Waals surface area contributed by atoms with Gasteiger partial charge in [0.2, 0.25) is 0 Å². The summed E-state index contributed by atoms with van der Waals surface area (Å²) >= 11 is 1.43. The van der Waals surface area contributed by atoms with Gasteiger partial charge in [0, 0.05) is 29.4 Å². The van der Waals surface area contributed by atoms with E-state index >= 15 is 0 Å². The van der Waals surface area contributed by atoms with Gasteiger partial charge in [-0.15, -0.1) is 11.3 Å². The summed E-state index contributed by atoms with van der Waals surface area (Å²) in [6.07, 6.45) is 3.27. The third-order valence-electron chi connectivity index (χ3n) is 3.34. The van der Waals surface area contributed by atoms with Crippen molar-refractivity contribution < 1.29 is 9.90 Å². The van der Waals surface area contributed by atoms with Crippen LogP contribution in [0.2, 0.25) is 0 Å². The number of hydrogen-bond acceptors (Lipinski definition) is 7. The van der Waals surface area contributed by atoms with E-state index in [4.69, 9.17) is 5.11 Å². The molecule has 3 aromatic rings. The molecule has 7 nitrogen and oxygen atoms in total. The van der Waals surface area contributed by atoms with Gasteiger partial charge in [-0.05, 0) is 31.2 Å². The van der Waals surface area contributed by atoms with Crippen molar-refractivity contribution in [3.05, 3.63) is 53.7 Å². The van der Waals surface area contributed by atoms with Gasteiger partial charge in [-0.2, -0.15) is 0 Å². The Labute approximate surface area is 148 Å². The van der Waals surface area contributed by atoms with E-state index in [1.165, 1.54) is 11.3 Å². The standard InChI is InChI=1S/C17H17N5O2S/c1-11(9-23)20-16(24)12-5-7-19-15(8-12)22-17-21-14(10-25-17)13-4-2-3-6-18-13/h2-8,10-11,23H,9H2,1H3,(H,20,24)(H,19,21,22). The number of amides is 1. The van der Waals surface area contributed by atoms with Gasteiger partial charge in [-0.1, -0.05) is 6.07 Å². The Morgan fingerprint density at radius 3 is 2.88 bits per heavy atom. The number of nitrogens with one attached hydrogen (secondary N) is 2. The van der Waals surface area contributed by atoms with Gasteiger partial charge in [0.1, 0.15) is 11.5 Å². The first-order valence-electron chi connectivity index (χ1n) is 7.67. The Bertz CT molecular complexity index is 853. The van der Waals surface area contributed by atoms with Crippen molar-refractivity contribution in [1.82, 2.24) is 20.3 Å². The molecule has 0 aliphatic carbocycles. The van der Waals surface area contributed by atoms with E-state index in [1.807, 2.05) is 23.6 Å². The van der Waals surface area contributed by atoms with Crippen LogP contribution in [0.4, 0.5) is 10.9 Å². The van der Waals surface area contributed by atoms with Crippen molar-refractivity contribution in [3.63, 3.8) is 0 Å². The smallest absolute Gasteiger partial charge is 0.251 e. The second kappa shape index (κ2) is 7.82. The average Bonchev–Trinajstić information content (AvgIpc) is 3.11. The minimum absolute atomic E-state index is 0.114. The van der Waals surface area contributed by atoms with E-state index in [-0.39, 0.29) is 18.6 Å². The van der Waals surface area contributed by atoms with E-state index in [2.05, 4.69) is 25.6 Å². The molecule has 0 bridgehead atoms. The van der Waals surface area contributed by atoms with E-state index in [0.717, 1.165) is 11.4 Å². The highest BCUT2D eigenvalue weighted by Crippen LogP contribution is 2.25. The second-order valence-electron chi connectivity index (χ2n) is 5.36. The second-order valence-corrected chi connectivity index (χ2v) is 6.22. The highest BCUT2D eigenvalue weighted by molar-refractivity contribution is 7.14. The predicted octanol–water partition coefficient (Wildman–Crippen LogP) is 2.45. The van der Waals surface area contributed by atoms with E-state index in [9.17, 15) is 4.79 Å². The molecule has 25 heavy (non-hydrogen) atoms. The van der Waals surface area contributed by atoms with Gasteiger partial charge in [0.05, 0.1) is 12.3 Å². The van der Waals surface area contributed by atoms with Crippen LogP contribution in [0, 0.1) is 0 Å². The largest absolute Gasteiger partial charge is 0.394 e. The number of thiazole rings is 1. The summed E-state index contributed by atoms with van der Waals surface area (Å²) in [5.74, 6) is 0.256. The summed E-state index contributed by atoms with van der Waals surface area (Å²) in [5.41, 5.74) is 2.03. The summed E-state index contributed by atoms with van der Waals surface area (Å²) in [6.45, 7) is 1.62. The van der Waals surface area contributed by atoms with Crippen molar-refractivity contribution >= 4 is 28.2 Å². The number of carbonyl (C=O) groups is 1. The number of nitrogens with zero attached hydrogens (tertiary/aromatic N) is 3. The summed E-state index contributed by atoms with van der Waals surface area (Å²) in [5, 5.41) is 17.4. The fourth-order valence-electron chi connectivity index (χ4n) is 2.07. The third kappa shape index (κ3) is 4.37. The molecule has 0 saturated heterocycles. The molecule has 0 saturated carbocycles. The molecule has 0 fully saturated rings. The van der Waals surface area contributed by atoms with Gasteiger partial charge in [-0.3, -0.25) is 9.78 Å². The lowest BCUT2D eigenvalue weighted by Gasteiger charge is -2.11. The Kier molecular flexibility index (Phi) is 5.32. The topological polar surface area (TPSA) is 100 Å². The maximum atomic E-state index is 12.1. The van der Waals surface area contributed by atoms with E-state index in [0.29, 0.717) is 16.5 Å². The summed E-state index contributed by atoms with van der Waals surface area (Å²) < 4.78 is 0. The molecule has 1 unspecified atom stereocenters. The molecule has 3 aromatic heterocycles. The lowest BCUT2D eigenvalue weighted by atomic mass is 10.2. The van der Waals surface area contributed by atoms with Crippen LogP contribution in [-0.4, -0.2) is 38.6 Å². The predicted molar refractivity (Wildman–Crippen MR) is 96.9 cm³/mol. The molecule has 0 aliphatic rings. The Balaban J connectivity index is 1.72. The number of pyridine rings is 2. The Morgan fingerprint density at radius 2 is 2.12 bits per heavy atom. The molecular formula is C17H17N5O2S. The van der Waals surface area contributed by atoms with Gasteiger partial charge < -0.3 is 15.7 Å². The number of aliphatic hydroxyl groups is 1. The minimum Gasteiger partial charge on any atom is -0.394 e. The molecule has 8 heteroatoms. The number of carbonyl (C=O) groups excluding carboxylic acids is 1. The summed E-state index contributed by atoms with van der Waals surface area (Å²) in [7, 11) is 0. The van der Waals surface area contributed by atoms with Crippen LogP contribution in [0.3, 0.4) is 0 Å². The lowest BCUT2D eigenvalue weighted by molar-refractivity contribution is 0.0922. The first-order valence-corrected chi connectivity index (χ1v) is 8.55. The molecule has 1 atom stereocenters. The Morgan fingerprint density at radius 1 is 1.24 bits per heavy atom. The SMILES string of the molecule is CC(CO)NC(=O)c1ccnc(Nc2nc(-c3ccccn3)cs2)c1. The molecule has 0 spiro atoms. The molecule has 128 valence electrons. The maximum Gasteiger partial charge on any atom is 0.251 e. The molecule has 1 amide bonds. The van der Waals surface area contributed by atoms with Crippen LogP contribution in [-0.2, 0) is 0 Å². The number of hydrogen-bond donors (Lipinski definition) is 3. The quantitative estimate of drug-likeness (QED) is 0.628. The molecule has 3 N–H and O–H groups in total. The van der Waals surface area contributed by atoms with Crippen molar-refractivity contribution in [2.24, 2.45) is 0 Å². The number of rotatable bonds is 6. The van der Waals surface area contributed by atoms with Crippen LogP contribution >= 0.6 is 11.3 Å². The fraction of sp³-hybridized carbons (Fsp3) is 0.176. The molecule has 0 radical (unpaired) electrons. The highest BCUT2D eigenvalue weighted by atomic mass is 32.1. The third-order valence-corrected chi connectivity index (χ3v) is 4.10. The van der Waals surface area contributed by atoms with Gasteiger partial charge in [0.25, 0.3) is 5.91 Å². The number of aliphatic hydroxyl groups excluding tert-OH is 1. The highest BCUT2D eigenvalue weighted by Gasteiger charge is 2.11. The number of aromatic nitrogens is 3. The van der Waals surface area contributed by atoms with Crippen molar-refractivity contribution in [2.75, 3.05) is 11.9 Å². The molecular weight excluding hydrogens is 338 g/mol. The van der Waals surface area contributed by atoms with Crippen LogP contribution in [0.5, 0.6) is 0 Å². The van der Waals surface area contributed by atoms with Crippen molar-refractivity contribution in [3.8, 4) is 11.4 Å². The summed E-state index contributed by atoms with van der Waals surface area (Å²) in [6, 6.07) is 8.60. The van der Waals surface area contributed by atoms with E-state index < -0.39 is 0 Å². The zero-order valence-electron chi connectivity index (χ0n) is 13.5. The lowest BCUT2D eigenvalue weighted by Crippen LogP contribution is -2.35. The zero-order valence-corrected chi connectivity index (χ0v) is 14.3. The normalized spacial score (nSPS) is 11.8. The maximum absolute atomic E-state index is 12.1. The van der Waals surface area contributed by atoms with Gasteiger partial charge in [-0.25, -0.2) is 9.97 Å². The molecule has 3 rings (SSSR count). The first-order chi connectivity index (χ1) is 12.2. The number of anilines is 2. The van der Waals surface area contributed by atoms with Crippen LogP contribution in [0.15, 0.2) is 48.1 Å². The zero-order chi connectivity index (χ0) is 17.6. The molecule has 0 aromatic carbocycles. The van der Waals surface area contributed by atoms with Crippen molar-refractivity contribution in [1.29, 1.82) is 0 Å². The Hall–Kier alpha value is -2.84. The molecule has 3 heterocycles. The van der Waals surface area contributed by atoms with Crippen LogP contribution in [0.25, 0.3) is 11.4 Å². The first kappa shape index (κ1) is 17.0. The summed E-state index contributed by atoms with van der Waals surface area (Å²) in [4.78, 5) is 25.1. The monoisotopic (exact) mass is 355 g/mol. The molecule has 0 aliphatic heterocycles.